The molecule has 0 bridgehead atoms. The van der Waals surface area contributed by atoms with Gasteiger partial charge in [0, 0.05) is 37.9 Å². The first kappa shape index (κ1) is 16.1. The van der Waals surface area contributed by atoms with E-state index in [0.717, 1.165) is 50.5 Å². The lowest BCUT2D eigenvalue weighted by atomic mass is 10.0. The molecular weight excluding hydrogens is 282 g/mol. The summed E-state index contributed by atoms with van der Waals surface area (Å²) < 4.78 is 0. The third-order valence-corrected chi connectivity index (χ3v) is 4.71. The van der Waals surface area contributed by atoms with Gasteiger partial charge in [0.15, 0.2) is 0 Å². The van der Waals surface area contributed by atoms with Crippen LogP contribution in [0.5, 0.6) is 0 Å². The van der Waals surface area contributed by atoms with Gasteiger partial charge in [0.25, 0.3) is 0 Å². The van der Waals surface area contributed by atoms with Crippen LogP contribution in [0.1, 0.15) is 32.9 Å². The maximum absolute atomic E-state index is 5.86. The zero-order valence-electron chi connectivity index (χ0n) is 13.2. The van der Waals surface area contributed by atoms with Crippen molar-refractivity contribution in [2.75, 3.05) is 31.1 Å². The molecule has 1 aliphatic heterocycles. The number of aryl methyl sites for hydroxylation is 1. The Morgan fingerprint density at radius 3 is 2.52 bits per heavy atom. The highest BCUT2D eigenvalue weighted by Gasteiger charge is 2.32. The zero-order chi connectivity index (χ0) is 15.5. The molecule has 116 valence electrons. The number of hydrogen-bond acceptors (Lipinski definition) is 5. The highest BCUT2D eigenvalue weighted by molar-refractivity contribution is 7.80. The van der Waals surface area contributed by atoms with Gasteiger partial charge in [-0.15, -0.1) is 0 Å². The Morgan fingerprint density at radius 2 is 1.95 bits per heavy atom. The third-order valence-electron chi connectivity index (χ3n) is 4.21. The molecule has 2 rings (SSSR count). The van der Waals surface area contributed by atoms with E-state index < -0.39 is 0 Å². The van der Waals surface area contributed by atoms with Crippen LogP contribution >= 0.6 is 12.2 Å². The van der Waals surface area contributed by atoms with Gasteiger partial charge in [0.05, 0.1) is 10.5 Å². The van der Waals surface area contributed by atoms with E-state index in [1.807, 2.05) is 0 Å². The van der Waals surface area contributed by atoms with Gasteiger partial charge in [-0.2, -0.15) is 0 Å². The van der Waals surface area contributed by atoms with Gasteiger partial charge in [0.2, 0.25) is 0 Å². The van der Waals surface area contributed by atoms with E-state index in [1.165, 1.54) is 0 Å². The summed E-state index contributed by atoms with van der Waals surface area (Å²) in [5.41, 5.74) is 6.75. The van der Waals surface area contributed by atoms with E-state index in [4.69, 9.17) is 18.0 Å². The molecular formula is C15H25N5S. The molecule has 1 aromatic heterocycles. The van der Waals surface area contributed by atoms with Crippen molar-refractivity contribution >= 4 is 23.0 Å². The molecule has 1 fully saturated rings. The fourth-order valence-corrected chi connectivity index (χ4v) is 2.73. The minimum Gasteiger partial charge on any atom is -0.392 e. The summed E-state index contributed by atoms with van der Waals surface area (Å²) in [5.74, 6) is 1.03. The van der Waals surface area contributed by atoms with Crippen LogP contribution in [-0.4, -0.2) is 51.6 Å². The lowest BCUT2D eigenvalue weighted by Gasteiger charge is -2.43. The van der Waals surface area contributed by atoms with Crippen molar-refractivity contribution in [3.05, 3.63) is 18.1 Å². The predicted octanol–water partition coefficient (Wildman–Crippen LogP) is 1.62. The number of hydrogen-bond donors (Lipinski definition) is 1. The number of aromatic nitrogens is 2. The maximum Gasteiger partial charge on any atom is 0.132 e. The highest BCUT2D eigenvalue weighted by Crippen LogP contribution is 2.20. The lowest BCUT2D eigenvalue weighted by molar-refractivity contribution is 0.168. The van der Waals surface area contributed by atoms with Crippen LogP contribution in [0.2, 0.25) is 0 Å². The molecule has 0 spiro atoms. The first-order chi connectivity index (χ1) is 9.95. The zero-order valence-corrected chi connectivity index (χ0v) is 14.0. The summed E-state index contributed by atoms with van der Waals surface area (Å²) in [6, 6.07) is 2.11. The Hall–Kier alpha value is -1.27. The molecule has 0 saturated carbocycles. The minimum absolute atomic E-state index is 0.222. The normalized spacial score (nSPS) is 17.0. The number of anilines is 1. The third kappa shape index (κ3) is 3.68. The van der Waals surface area contributed by atoms with Crippen molar-refractivity contribution in [3.63, 3.8) is 0 Å². The Labute approximate surface area is 132 Å². The van der Waals surface area contributed by atoms with Crippen LogP contribution in [0, 0.1) is 0 Å². The SMILES string of the molecule is CCCc1cc(N2CCN(C(C)(C)C(N)=S)CC2)ncn1. The van der Waals surface area contributed by atoms with Gasteiger partial charge in [-0.1, -0.05) is 25.6 Å². The molecule has 1 aliphatic rings. The molecule has 21 heavy (non-hydrogen) atoms. The molecule has 0 aliphatic carbocycles. The smallest absolute Gasteiger partial charge is 0.132 e. The largest absolute Gasteiger partial charge is 0.392 e. The fourth-order valence-electron chi connectivity index (χ4n) is 2.60. The average Bonchev–Trinajstić information content (AvgIpc) is 2.48. The van der Waals surface area contributed by atoms with Crippen molar-refractivity contribution in [1.82, 2.24) is 14.9 Å². The topological polar surface area (TPSA) is 58.3 Å². The molecule has 0 aromatic carbocycles. The van der Waals surface area contributed by atoms with Crippen LogP contribution in [0.3, 0.4) is 0 Å². The highest BCUT2D eigenvalue weighted by atomic mass is 32.1. The van der Waals surface area contributed by atoms with E-state index in [2.05, 4.69) is 46.6 Å². The van der Waals surface area contributed by atoms with E-state index >= 15 is 0 Å². The summed E-state index contributed by atoms with van der Waals surface area (Å²) in [6.45, 7) is 10.1. The first-order valence-corrected chi connectivity index (χ1v) is 7.96. The molecule has 2 heterocycles. The molecule has 0 amide bonds. The monoisotopic (exact) mass is 307 g/mol. The minimum atomic E-state index is -0.222. The van der Waals surface area contributed by atoms with Crippen molar-refractivity contribution in [2.24, 2.45) is 5.73 Å². The Balaban J connectivity index is 2.01. The molecule has 5 nitrogen and oxygen atoms in total. The molecule has 1 saturated heterocycles. The van der Waals surface area contributed by atoms with Gasteiger partial charge < -0.3 is 10.6 Å². The number of nitrogens with zero attached hydrogens (tertiary/aromatic N) is 4. The number of rotatable bonds is 5. The van der Waals surface area contributed by atoms with Crippen molar-refractivity contribution in [2.45, 2.75) is 39.2 Å². The van der Waals surface area contributed by atoms with E-state index in [0.29, 0.717) is 4.99 Å². The van der Waals surface area contributed by atoms with Crippen molar-refractivity contribution in [1.29, 1.82) is 0 Å². The Bertz CT molecular complexity index is 495. The first-order valence-electron chi connectivity index (χ1n) is 7.56. The second-order valence-electron chi connectivity index (χ2n) is 6.01. The number of thiocarbonyl (C=S) groups is 1. The second kappa shape index (κ2) is 6.66. The quantitative estimate of drug-likeness (QED) is 0.834. The van der Waals surface area contributed by atoms with Gasteiger partial charge in [-0.3, -0.25) is 4.90 Å². The average molecular weight is 307 g/mol. The van der Waals surface area contributed by atoms with E-state index in [1.54, 1.807) is 6.33 Å². The van der Waals surface area contributed by atoms with Crippen molar-refractivity contribution < 1.29 is 0 Å². The van der Waals surface area contributed by atoms with Crippen LogP contribution in [0.15, 0.2) is 12.4 Å². The van der Waals surface area contributed by atoms with Crippen molar-refractivity contribution in [3.8, 4) is 0 Å². The van der Waals surface area contributed by atoms with E-state index in [-0.39, 0.29) is 5.54 Å². The summed E-state index contributed by atoms with van der Waals surface area (Å²) >= 11 is 5.18. The molecule has 0 unspecified atom stereocenters. The maximum atomic E-state index is 5.86. The van der Waals surface area contributed by atoms with Crippen LogP contribution in [0.25, 0.3) is 0 Å². The van der Waals surface area contributed by atoms with Gasteiger partial charge in [-0.25, -0.2) is 9.97 Å². The summed E-state index contributed by atoms with van der Waals surface area (Å²) in [6.07, 6.45) is 3.78. The molecule has 2 N–H and O–H groups in total. The summed E-state index contributed by atoms with van der Waals surface area (Å²) in [7, 11) is 0. The summed E-state index contributed by atoms with van der Waals surface area (Å²) in [4.78, 5) is 14.0. The van der Waals surface area contributed by atoms with Gasteiger partial charge >= 0.3 is 0 Å². The van der Waals surface area contributed by atoms with Gasteiger partial charge in [0.1, 0.15) is 12.1 Å². The second-order valence-corrected chi connectivity index (χ2v) is 6.45. The summed E-state index contributed by atoms with van der Waals surface area (Å²) in [5, 5.41) is 0. The molecule has 0 atom stereocenters. The standard InChI is InChI=1S/C15H25N5S/c1-4-5-12-10-13(18-11-17-12)19-6-8-20(9-7-19)15(2,3)14(16)21/h10-11H,4-9H2,1-3H3,(H2,16,21). The number of nitrogens with two attached hydrogens (primary N) is 1. The Kier molecular flexibility index (Phi) is 5.11. The van der Waals surface area contributed by atoms with Gasteiger partial charge in [-0.05, 0) is 20.3 Å². The molecule has 1 aromatic rings. The van der Waals surface area contributed by atoms with Crippen LogP contribution in [0.4, 0.5) is 5.82 Å². The lowest BCUT2D eigenvalue weighted by Crippen LogP contribution is -2.59. The Morgan fingerprint density at radius 1 is 1.29 bits per heavy atom. The predicted molar refractivity (Wildman–Crippen MR) is 90.7 cm³/mol. The van der Waals surface area contributed by atoms with Crippen LogP contribution < -0.4 is 10.6 Å². The molecule has 6 heteroatoms. The van der Waals surface area contributed by atoms with Crippen LogP contribution in [-0.2, 0) is 6.42 Å². The van der Waals surface area contributed by atoms with E-state index in [9.17, 15) is 0 Å². The number of piperazine rings is 1. The molecule has 0 radical (unpaired) electrons. The fraction of sp³-hybridized carbons (Fsp3) is 0.667.